The Morgan fingerprint density at radius 2 is 1.54 bits per heavy atom. The number of aliphatic hydroxyl groups excluding tert-OH is 2. The lowest BCUT2D eigenvalue weighted by Crippen LogP contribution is -2.47. The highest BCUT2D eigenvalue weighted by molar-refractivity contribution is 5.59. The van der Waals surface area contributed by atoms with Gasteiger partial charge in [0.15, 0.2) is 0 Å². The van der Waals surface area contributed by atoms with Crippen LogP contribution in [-0.2, 0) is 4.79 Å². The lowest BCUT2D eigenvalue weighted by atomic mass is 9.70. The Labute approximate surface area is 79.8 Å². The number of rotatable bonds is 4. The molecule has 0 amide bonds. The van der Waals surface area contributed by atoms with Crippen LogP contribution in [0.5, 0.6) is 0 Å². The van der Waals surface area contributed by atoms with Crippen molar-refractivity contribution in [2.24, 2.45) is 10.8 Å². The fourth-order valence-corrected chi connectivity index (χ4v) is 1.25. The molecule has 0 aromatic rings. The third-order valence-corrected chi connectivity index (χ3v) is 2.79. The molecule has 0 spiro atoms. The monoisotopic (exact) mass is 188 g/mol. The van der Waals surface area contributed by atoms with Gasteiger partial charge in [-0.05, 0) is 6.92 Å². The zero-order valence-corrected chi connectivity index (χ0v) is 9.03. The van der Waals surface area contributed by atoms with Crippen LogP contribution in [0.15, 0.2) is 0 Å². The molecule has 0 rings (SSSR count). The normalized spacial score (nSPS) is 18.1. The van der Waals surface area contributed by atoms with Crippen molar-refractivity contribution < 1.29 is 15.0 Å². The summed E-state index contributed by atoms with van der Waals surface area (Å²) in [5, 5.41) is 19.3. The molecule has 3 nitrogen and oxygen atoms in total. The molecule has 2 atom stereocenters. The standard InChI is InChI=1S/C10H20O3/c1-7(12)10(4,5)8(13)9(2,3)6-11/h6-8,12-13H,1-5H3. The fraction of sp³-hybridized carbons (Fsp3) is 0.900. The van der Waals surface area contributed by atoms with E-state index < -0.39 is 23.0 Å². The molecule has 2 unspecified atom stereocenters. The Kier molecular flexibility index (Phi) is 3.64. The quantitative estimate of drug-likeness (QED) is 0.646. The van der Waals surface area contributed by atoms with E-state index in [1.807, 2.05) is 0 Å². The molecule has 0 radical (unpaired) electrons. The second kappa shape index (κ2) is 3.76. The van der Waals surface area contributed by atoms with Crippen LogP contribution in [0.2, 0.25) is 0 Å². The first-order valence-corrected chi connectivity index (χ1v) is 4.48. The predicted octanol–water partition coefficient (Wildman–Crippen LogP) is 0.979. The smallest absolute Gasteiger partial charge is 0.128 e. The molecule has 78 valence electrons. The van der Waals surface area contributed by atoms with Crippen molar-refractivity contribution in [2.45, 2.75) is 46.8 Å². The lowest BCUT2D eigenvalue weighted by molar-refractivity contribution is -0.133. The van der Waals surface area contributed by atoms with E-state index in [1.54, 1.807) is 34.6 Å². The molecule has 0 aliphatic rings. The highest BCUT2D eigenvalue weighted by Gasteiger charge is 2.42. The Morgan fingerprint density at radius 3 is 1.77 bits per heavy atom. The van der Waals surface area contributed by atoms with E-state index in [0.29, 0.717) is 0 Å². The van der Waals surface area contributed by atoms with Gasteiger partial charge in [0.05, 0.1) is 12.2 Å². The number of hydrogen-bond acceptors (Lipinski definition) is 3. The maximum Gasteiger partial charge on any atom is 0.128 e. The van der Waals surface area contributed by atoms with Crippen molar-refractivity contribution in [3.05, 3.63) is 0 Å². The molecular formula is C10H20O3. The molecule has 0 aromatic carbocycles. The molecule has 0 aliphatic carbocycles. The summed E-state index contributed by atoms with van der Waals surface area (Å²) in [4.78, 5) is 10.7. The molecular weight excluding hydrogens is 168 g/mol. The molecule has 0 saturated heterocycles. The Bertz CT molecular complexity index is 183. The molecule has 0 bridgehead atoms. The number of hydrogen-bond donors (Lipinski definition) is 2. The Balaban J connectivity index is 4.77. The minimum atomic E-state index is -0.850. The molecule has 2 N–H and O–H groups in total. The van der Waals surface area contributed by atoms with Gasteiger partial charge in [0.2, 0.25) is 0 Å². The summed E-state index contributed by atoms with van der Waals surface area (Å²) in [6, 6.07) is 0. The average Bonchev–Trinajstić information content (AvgIpc) is 2.02. The SMILES string of the molecule is CC(O)C(C)(C)C(O)C(C)(C)C=O. The van der Waals surface area contributed by atoms with Gasteiger partial charge in [-0.1, -0.05) is 27.7 Å². The Hall–Kier alpha value is -0.410. The minimum Gasteiger partial charge on any atom is -0.393 e. The van der Waals surface area contributed by atoms with E-state index in [0.717, 1.165) is 6.29 Å². The second-order valence-corrected chi connectivity index (χ2v) is 4.84. The first kappa shape index (κ1) is 12.6. The van der Waals surface area contributed by atoms with Crippen molar-refractivity contribution in [2.75, 3.05) is 0 Å². The van der Waals surface area contributed by atoms with Crippen LogP contribution < -0.4 is 0 Å². The van der Waals surface area contributed by atoms with Crippen molar-refractivity contribution in [1.82, 2.24) is 0 Å². The first-order valence-electron chi connectivity index (χ1n) is 4.48. The van der Waals surface area contributed by atoms with Crippen LogP contribution in [0.1, 0.15) is 34.6 Å². The zero-order chi connectivity index (χ0) is 10.9. The van der Waals surface area contributed by atoms with Crippen molar-refractivity contribution in [3.63, 3.8) is 0 Å². The summed E-state index contributed by atoms with van der Waals surface area (Å²) < 4.78 is 0. The number of carbonyl (C=O) groups excluding carboxylic acids is 1. The van der Waals surface area contributed by atoms with Gasteiger partial charge in [-0.3, -0.25) is 0 Å². The molecule has 3 heteroatoms. The van der Waals surface area contributed by atoms with Crippen LogP contribution in [0.4, 0.5) is 0 Å². The van der Waals surface area contributed by atoms with Crippen LogP contribution in [0.25, 0.3) is 0 Å². The highest BCUT2D eigenvalue weighted by Crippen LogP contribution is 2.35. The topological polar surface area (TPSA) is 57.5 Å². The zero-order valence-electron chi connectivity index (χ0n) is 9.03. The van der Waals surface area contributed by atoms with E-state index in [4.69, 9.17) is 0 Å². The number of aliphatic hydroxyl groups is 2. The van der Waals surface area contributed by atoms with Crippen molar-refractivity contribution >= 4 is 6.29 Å². The van der Waals surface area contributed by atoms with Gasteiger partial charge in [-0.25, -0.2) is 0 Å². The van der Waals surface area contributed by atoms with Gasteiger partial charge in [-0.15, -0.1) is 0 Å². The third-order valence-electron chi connectivity index (χ3n) is 2.79. The summed E-state index contributed by atoms with van der Waals surface area (Å²) in [6.07, 6.45) is -0.777. The first-order chi connectivity index (χ1) is 5.66. The average molecular weight is 188 g/mol. The molecule has 0 aliphatic heterocycles. The van der Waals surface area contributed by atoms with Gasteiger partial charge in [0, 0.05) is 10.8 Å². The molecule has 0 saturated carbocycles. The van der Waals surface area contributed by atoms with Gasteiger partial charge in [0.1, 0.15) is 6.29 Å². The van der Waals surface area contributed by atoms with E-state index in [2.05, 4.69) is 0 Å². The van der Waals surface area contributed by atoms with Gasteiger partial charge < -0.3 is 15.0 Å². The molecule has 0 heterocycles. The largest absolute Gasteiger partial charge is 0.393 e. The van der Waals surface area contributed by atoms with Gasteiger partial charge >= 0.3 is 0 Å². The number of aldehydes is 1. The van der Waals surface area contributed by atoms with Gasteiger partial charge in [-0.2, -0.15) is 0 Å². The van der Waals surface area contributed by atoms with E-state index in [9.17, 15) is 15.0 Å². The summed E-state index contributed by atoms with van der Waals surface area (Å²) in [6.45, 7) is 8.43. The molecule has 13 heavy (non-hydrogen) atoms. The minimum absolute atomic E-state index is 0.651. The second-order valence-electron chi connectivity index (χ2n) is 4.84. The van der Waals surface area contributed by atoms with Crippen LogP contribution in [0.3, 0.4) is 0 Å². The maximum absolute atomic E-state index is 10.7. The molecule has 0 aromatic heterocycles. The van der Waals surface area contributed by atoms with Crippen LogP contribution >= 0.6 is 0 Å². The van der Waals surface area contributed by atoms with Gasteiger partial charge in [0.25, 0.3) is 0 Å². The summed E-state index contributed by atoms with van der Waals surface area (Å²) >= 11 is 0. The predicted molar refractivity (Wildman–Crippen MR) is 51.3 cm³/mol. The van der Waals surface area contributed by atoms with Crippen LogP contribution in [0, 0.1) is 10.8 Å². The lowest BCUT2D eigenvalue weighted by Gasteiger charge is -2.39. The van der Waals surface area contributed by atoms with E-state index in [-0.39, 0.29) is 0 Å². The highest BCUT2D eigenvalue weighted by atomic mass is 16.3. The number of carbonyl (C=O) groups is 1. The van der Waals surface area contributed by atoms with E-state index in [1.165, 1.54) is 0 Å². The Morgan fingerprint density at radius 1 is 1.15 bits per heavy atom. The van der Waals surface area contributed by atoms with Crippen molar-refractivity contribution in [3.8, 4) is 0 Å². The summed E-state index contributed by atoms with van der Waals surface area (Å²) in [7, 11) is 0. The van der Waals surface area contributed by atoms with Crippen molar-refractivity contribution in [1.29, 1.82) is 0 Å². The fourth-order valence-electron chi connectivity index (χ4n) is 1.25. The summed E-state index contributed by atoms with van der Waals surface area (Å²) in [5.74, 6) is 0. The maximum atomic E-state index is 10.7. The summed E-state index contributed by atoms with van der Waals surface area (Å²) in [5.41, 5.74) is -1.50. The van der Waals surface area contributed by atoms with E-state index >= 15 is 0 Å². The third kappa shape index (κ3) is 2.51. The van der Waals surface area contributed by atoms with Crippen LogP contribution in [-0.4, -0.2) is 28.7 Å². The molecule has 0 fully saturated rings.